The minimum atomic E-state index is -0.197. The number of amides is 1. The van der Waals surface area contributed by atoms with E-state index in [0.29, 0.717) is 37.1 Å². The minimum absolute atomic E-state index is 0.128. The lowest BCUT2D eigenvalue weighted by atomic mass is 10.1. The number of carbonyl (C=O) groups is 1. The van der Waals surface area contributed by atoms with Crippen LogP contribution >= 0.6 is 0 Å². The molecule has 0 aromatic heterocycles. The Bertz CT molecular complexity index is 584. The van der Waals surface area contributed by atoms with E-state index in [1.54, 1.807) is 13.0 Å². The van der Waals surface area contributed by atoms with Crippen LogP contribution in [0, 0.1) is 12.7 Å². The van der Waals surface area contributed by atoms with E-state index in [1.165, 1.54) is 6.07 Å². The Hall–Kier alpha value is -2.11. The van der Waals surface area contributed by atoms with E-state index in [0.717, 1.165) is 31.4 Å². The Morgan fingerprint density at radius 1 is 1.33 bits per heavy atom. The predicted octanol–water partition coefficient (Wildman–Crippen LogP) is 2.25. The first-order valence-electron chi connectivity index (χ1n) is 8.65. The molecule has 1 fully saturated rings. The van der Waals surface area contributed by atoms with Crippen LogP contribution in [-0.2, 0) is 11.3 Å². The third-order valence-corrected chi connectivity index (χ3v) is 3.80. The molecule has 1 aromatic carbocycles. The van der Waals surface area contributed by atoms with E-state index >= 15 is 0 Å². The first-order valence-corrected chi connectivity index (χ1v) is 8.65. The van der Waals surface area contributed by atoms with Gasteiger partial charge in [-0.3, -0.25) is 4.79 Å². The van der Waals surface area contributed by atoms with Gasteiger partial charge in [0.1, 0.15) is 5.82 Å². The largest absolute Gasteiger partial charge is 0.357 e. The zero-order valence-electron chi connectivity index (χ0n) is 14.5. The smallest absolute Gasteiger partial charge is 0.220 e. The van der Waals surface area contributed by atoms with Crippen molar-refractivity contribution in [2.75, 3.05) is 13.1 Å². The van der Waals surface area contributed by atoms with E-state index in [1.807, 2.05) is 13.0 Å². The molecule has 1 aromatic rings. The van der Waals surface area contributed by atoms with Gasteiger partial charge in [0.05, 0.1) is 6.54 Å². The van der Waals surface area contributed by atoms with Crippen molar-refractivity contribution in [2.45, 2.75) is 52.1 Å². The van der Waals surface area contributed by atoms with Gasteiger partial charge in [0.15, 0.2) is 5.96 Å². The Labute approximate surface area is 143 Å². The summed E-state index contributed by atoms with van der Waals surface area (Å²) in [4.78, 5) is 16.1. The number of guanidine groups is 1. The Kier molecular flexibility index (Phi) is 7.03. The quantitative estimate of drug-likeness (QED) is 0.388. The fourth-order valence-electron chi connectivity index (χ4n) is 2.30. The summed E-state index contributed by atoms with van der Waals surface area (Å²) in [6.45, 7) is 5.68. The molecule has 24 heavy (non-hydrogen) atoms. The topological polar surface area (TPSA) is 65.5 Å². The second-order valence-electron chi connectivity index (χ2n) is 6.15. The van der Waals surface area contributed by atoms with Crippen molar-refractivity contribution >= 4 is 11.9 Å². The summed E-state index contributed by atoms with van der Waals surface area (Å²) in [5, 5.41) is 9.38. The molecule has 132 valence electrons. The molecule has 1 amide bonds. The Morgan fingerprint density at radius 3 is 2.79 bits per heavy atom. The Balaban J connectivity index is 1.74. The molecule has 1 saturated carbocycles. The average molecular weight is 334 g/mol. The van der Waals surface area contributed by atoms with Gasteiger partial charge in [-0.15, -0.1) is 0 Å². The molecule has 5 nitrogen and oxygen atoms in total. The molecule has 0 unspecified atom stereocenters. The van der Waals surface area contributed by atoms with Gasteiger partial charge in [0.2, 0.25) is 5.91 Å². The van der Waals surface area contributed by atoms with Crippen molar-refractivity contribution in [2.24, 2.45) is 4.99 Å². The lowest BCUT2D eigenvalue weighted by molar-refractivity contribution is -0.121. The highest BCUT2D eigenvalue weighted by Crippen LogP contribution is 2.18. The number of halogens is 1. The van der Waals surface area contributed by atoms with Gasteiger partial charge in [0, 0.05) is 25.6 Å². The number of nitrogens with one attached hydrogen (secondary N) is 3. The molecule has 2 rings (SSSR count). The first-order chi connectivity index (χ1) is 11.6. The highest BCUT2D eigenvalue weighted by Gasteiger charge is 2.22. The van der Waals surface area contributed by atoms with Crippen LogP contribution in [0.2, 0.25) is 0 Å². The number of carbonyl (C=O) groups excluding carboxylic acids is 1. The molecular weight excluding hydrogens is 307 g/mol. The number of hydrogen-bond acceptors (Lipinski definition) is 2. The zero-order valence-corrected chi connectivity index (χ0v) is 14.5. The van der Waals surface area contributed by atoms with Crippen LogP contribution < -0.4 is 16.0 Å². The van der Waals surface area contributed by atoms with Gasteiger partial charge in [-0.1, -0.05) is 12.1 Å². The number of aryl methyl sites for hydroxylation is 1. The minimum Gasteiger partial charge on any atom is -0.357 e. The summed E-state index contributed by atoms with van der Waals surface area (Å²) >= 11 is 0. The van der Waals surface area contributed by atoms with Crippen LogP contribution in [0.3, 0.4) is 0 Å². The van der Waals surface area contributed by atoms with Crippen LogP contribution in [0.15, 0.2) is 23.2 Å². The van der Waals surface area contributed by atoms with Gasteiger partial charge >= 0.3 is 0 Å². The van der Waals surface area contributed by atoms with Gasteiger partial charge in [-0.2, -0.15) is 0 Å². The number of nitrogens with zero attached hydrogens (tertiary/aromatic N) is 1. The van der Waals surface area contributed by atoms with E-state index in [4.69, 9.17) is 0 Å². The van der Waals surface area contributed by atoms with Gasteiger partial charge < -0.3 is 16.0 Å². The van der Waals surface area contributed by atoms with Gasteiger partial charge in [-0.05, 0) is 50.3 Å². The summed E-state index contributed by atoms with van der Waals surface area (Å²) in [5.41, 5.74) is 1.59. The third kappa shape index (κ3) is 6.56. The van der Waals surface area contributed by atoms with E-state index in [-0.39, 0.29) is 11.7 Å². The number of benzene rings is 1. The maximum absolute atomic E-state index is 13.3. The number of hydrogen-bond donors (Lipinski definition) is 3. The zero-order chi connectivity index (χ0) is 17.4. The third-order valence-electron chi connectivity index (χ3n) is 3.80. The normalized spacial score (nSPS) is 14.4. The fraction of sp³-hybridized carbons (Fsp3) is 0.556. The van der Waals surface area contributed by atoms with Crippen LogP contribution in [0.4, 0.5) is 4.39 Å². The molecule has 0 aliphatic heterocycles. The van der Waals surface area contributed by atoms with Crippen molar-refractivity contribution in [3.05, 3.63) is 35.1 Å². The summed E-state index contributed by atoms with van der Waals surface area (Å²) in [5.74, 6) is 0.641. The SMILES string of the molecule is CCNC(=NCc1ccc(F)c(C)c1)NCCCC(=O)NC1CC1. The van der Waals surface area contributed by atoms with Crippen LogP contribution in [0.25, 0.3) is 0 Å². The molecule has 0 bridgehead atoms. The van der Waals surface area contributed by atoms with Crippen molar-refractivity contribution in [3.8, 4) is 0 Å². The number of rotatable bonds is 8. The molecule has 0 heterocycles. The second-order valence-corrected chi connectivity index (χ2v) is 6.15. The van der Waals surface area contributed by atoms with E-state index < -0.39 is 0 Å². The maximum atomic E-state index is 13.3. The standard InChI is InChI=1S/C18H27FN4O/c1-3-20-18(21-10-4-5-17(24)23-15-7-8-15)22-12-14-6-9-16(19)13(2)11-14/h6,9,11,15H,3-5,7-8,10,12H2,1-2H3,(H,23,24)(H2,20,21,22). The molecule has 0 radical (unpaired) electrons. The van der Waals surface area contributed by atoms with Crippen molar-refractivity contribution < 1.29 is 9.18 Å². The first kappa shape index (κ1) is 18.2. The highest BCUT2D eigenvalue weighted by atomic mass is 19.1. The van der Waals surface area contributed by atoms with Crippen LogP contribution in [0.5, 0.6) is 0 Å². The molecule has 3 N–H and O–H groups in total. The monoisotopic (exact) mass is 334 g/mol. The molecule has 0 spiro atoms. The fourth-order valence-corrected chi connectivity index (χ4v) is 2.30. The summed E-state index contributed by atoms with van der Waals surface area (Å²) in [6, 6.07) is 5.45. The van der Waals surface area contributed by atoms with Crippen LogP contribution in [0.1, 0.15) is 43.7 Å². The van der Waals surface area contributed by atoms with Gasteiger partial charge in [-0.25, -0.2) is 9.38 Å². The molecular formula is C18H27FN4O. The van der Waals surface area contributed by atoms with E-state index in [9.17, 15) is 9.18 Å². The maximum Gasteiger partial charge on any atom is 0.220 e. The Morgan fingerprint density at radius 2 is 2.12 bits per heavy atom. The lowest BCUT2D eigenvalue weighted by Gasteiger charge is -2.11. The van der Waals surface area contributed by atoms with Crippen molar-refractivity contribution in [1.29, 1.82) is 0 Å². The predicted molar refractivity (Wildman–Crippen MR) is 94.4 cm³/mol. The molecule has 0 atom stereocenters. The average Bonchev–Trinajstić information content (AvgIpc) is 3.36. The lowest BCUT2D eigenvalue weighted by Crippen LogP contribution is -2.38. The van der Waals surface area contributed by atoms with E-state index in [2.05, 4.69) is 20.9 Å². The number of aliphatic imine (C=N–C) groups is 1. The van der Waals surface area contributed by atoms with Crippen LogP contribution in [-0.4, -0.2) is 31.0 Å². The summed E-state index contributed by atoms with van der Waals surface area (Å²) < 4.78 is 13.3. The van der Waals surface area contributed by atoms with Gasteiger partial charge in [0.25, 0.3) is 0 Å². The van der Waals surface area contributed by atoms with Crippen molar-refractivity contribution in [1.82, 2.24) is 16.0 Å². The second kappa shape index (κ2) is 9.25. The molecule has 1 aliphatic carbocycles. The summed E-state index contributed by atoms with van der Waals surface area (Å²) in [6.07, 6.45) is 3.52. The summed E-state index contributed by atoms with van der Waals surface area (Å²) in [7, 11) is 0. The molecule has 1 aliphatic rings. The van der Waals surface area contributed by atoms with Crippen molar-refractivity contribution in [3.63, 3.8) is 0 Å². The highest BCUT2D eigenvalue weighted by molar-refractivity contribution is 5.80. The molecule has 0 saturated heterocycles. The molecule has 6 heteroatoms.